The van der Waals surface area contributed by atoms with Crippen LogP contribution in [0.3, 0.4) is 0 Å². The third-order valence-electron chi connectivity index (χ3n) is 5.20. The Labute approximate surface area is 185 Å². The van der Waals surface area contributed by atoms with Crippen LogP contribution in [0.15, 0.2) is 53.1 Å². The fourth-order valence-electron chi connectivity index (χ4n) is 3.64. The van der Waals surface area contributed by atoms with Crippen molar-refractivity contribution < 1.29 is 9.32 Å². The zero-order chi connectivity index (χ0) is 20.9. The van der Waals surface area contributed by atoms with Crippen LogP contribution in [-0.4, -0.2) is 34.0 Å². The predicted molar refractivity (Wildman–Crippen MR) is 116 cm³/mol. The highest BCUT2D eigenvalue weighted by Gasteiger charge is 2.27. The number of amides is 1. The smallest absolute Gasteiger partial charge is 0.241 e. The van der Waals surface area contributed by atoms with E-state index >= 15 is 0 Å². The van der Waals surface area contributed by atoms with Crippen LogP contribution in [0.1, 0.15) is 24.3 Å². The lowest BCUT2D eigenvalue weighted by Gasteiger charge is -2.30. The molecule has 1 aliphatic heterocycles. The second kappa shape index (κ2) is 9.60. The van der Waals surface area contributed by atoms with Gasteiger partial charge in [0.05, 0.1) is 12.5 Å². The van der Waals surface area contributed by atoms with Crippen molar-refractivity contribution in [1.82, 2.24) is 20.4 Å². The van der Waals surface area contributed by atoms with Gasteiger partial charge in [-0.15, -0.1) is 0 Å². The Balaban J connectivity index is 1.33. The maximum atomic E-state index is 12.7. The lowest BCUT2D eigenvalue weighted by molar-refractivity contribution is -0.127. The van der Waals surface area contributed by atoms with Gasteiger partial charge in [0.15, 0.2) is 0 Å². The summed E-state index contributed by atoms with van der Waals surface area (Å²) in [7, 11) is 0. The molecule has 6 nitrogen and oxygen atoms in total. The number of hydrogen-bond acceptors (Lipinski definition) is 5. The number of carbonyl (C=O) groups excluding carboxylic acids is 1. The Kier molecular flexibility index (Phi) is 6.67. The van der Waals surface area contributed by atoms with Gasteiger partial charge >= 0.3 is 0 Å². The molecule has 0 saturated carbocycles. The van der Waals surface area contributed by atoms with Gasteiger partial charge in [-0.2, -0.15) is 4.98 Å². The Bertz CT molecular complexity index is 1020. The van der Waals surface area contributed by atoms with Crippen molar-refractivity contribution in [1.29, 1.82) is 0 Å². The zero-order valence-corrected chi connectivity index (χ0v) is 17.9. The minimum Gasteiger partial charge on any atom is -0.352 e. The molecule has 4 rings (SSSR count). The predicted octanol–water partition coefficient (Wildman–Crippen LogP) is 4.57. The summed E-state index contributed by atoms with van der Waals surface area (Å²) in [5, 5.41) is 8.35. The Morgan fingerprint density at radius 2 is 2.07 bits per heavy atom. The first-order valence-corrected chi connectivity index (χ1v) is 10.7. The average Bonchev–Trinajstić information content (AvgIpc) is 3.22. The second-order valence-corrected chi connectivity index (χ2v) is 8.25. The standard InChI is InChI=1S/C22H22Cl2N4O2/c23-18-8-3-6-15(11-18)21-26-20(30-27-21)14-28-10-4-7-17(13-28)22(29)25-12-16-5-1-2-9-19(16)24/h1-3,5-6,8-9,11,17H,4,7,10,12-14H2,(H,25,29). The second-order valence-electron chi connectivity index (χ2n) is 7.41. The van der Waals surface area contributed by atoms with Crippen molar-refractivity contribution in [2.45, 2.75) is 25.9 Å². The monoisotopic (exact) mass is 444 g/mol. The van der Waals surface area contributed by atoms with Gasteiger partial charge in [-0.3, -0.25) is 9.69 Å². The molecule has 1 unspecified atom stereocenters. The van der Waals surface area contributed by atoms with Gasteiger partial charge in [-0.05, 0) is 43.1 Å². The molecule has 1 fully saturated rings. The van der Waals surface area contributed by atoms with Crippen LogP contribution in [-0.2, 0) is 17.9 Å². The number of carbonyl (C=O) groups is 1. The summed E-state index contributed by atoms with van der Waals surface area (Å²) in [6, 6.07) is 14.9. The van der Waals surface area contributed by atoms with E-state index in [-0.39, 0.29) is 11.8 Å². The number of halogens is 2. The van der Waals surface area contributed by atoms with Crippen LogP contribution < -0.4 is 5.32 Å². The summed E-state index contributed by atoms with van der Waals surface area (Å²) in [4.78, 5) is 19.3. The van der Waals surface area contributed by atoms with Crippen LogP contribution in [0.4, 0.5) is 0 Å². The third-order valence-corrected chi connectivity index (χ3v) is 5.80. The molecule has 1 amide bonds. The molecule has 0 bridgehead atoms. The number of aromatic nitrogens is 2. The van der Waals surface area contributed by atoms with E-state index < -0.39 is 0 Å². The minimum absolute atomic E-state index is 0.0461. The molecule has 0 radical (unpaired) electrons. The van der Waals surface area contributed by atoms with E-state index in [4.69, 9.17) is 27.7 Å². The molecule has 0 aliphatic carbocycles. The molecule has 3 aromatic rings. The van der Waals surface area contributed by atoms with Crippen LogP contribution in [0.25, 0.3) is 11.4 Å². The molecular weight excluding hydrogens is 423 g/mol. The van der Waals surface area contributed by atoms with E-state index in [1.54, 1.807) is 12.1 Å². The Morgan fingerprint density at radius 1 is 1.20 bits per heavy atom. The van der Waals surface area contributed by atoms with Crippen molar-refractivity contribution in [3.05, 3.63) is 70.0 Å². The molecule has 1 aliphatic rings. The zero-order valence-electron chi connectivity index (χ0n) is 16.4. The van der Waals surface area contributed by atoms with Gasteiger partial charge in [-0.1, -0.05) is 58.7 Å². The molecular formula is C22H22Cl2N4O2. The normalized spacial score (nSPS) is 17.1. The molecule has 1 atom stereocenters. The highest BCUT2D eigenvalue weighted by Crippen LogP contribution is 2.22. The number of benzene rings is 2. The fourth-order valence-corrected chi connectivity index (χ4v) is 4.03. The quantitative estimate of drug-likeness (QED) is 0.602. The molecule has 1 aromatic heterocycles. The number of piperidine rings is 1. The van der Waals surface area contributed by atoms with Gasteiger partial charge in [0.25, 0.3) is 0 Å². The summed E-state index contributed by atoms with van der Waals surface area (Å²) in [6.07, 6.45) is 1.81. The van der Waals surface area contributed by atoms with E-state index in [0.29, 0.717) is 41.4 Å². The van der Waals surface area contributed by atoms with Gasteiger partial charge in [0, 0.05) is 28.7 Å². The van der Waals surface area contributed by atoms with Gasteiger partial charge < -0.3 is 9.84 Å². The average molecular weight is 445 g/mol. The maximum absolute atomic E-state index is 12.7. The minimum atomic E-state index is -0.0726. The van der Waals surface area contributed by atoms with Crippen LogP contribution in [0.2, 0.25) is 10.0 Å². The van der Waals surface area contributed by atoms with Crippen LogP contribution in [0.5, 0.6) is 0 Å². The highest BCUT2D eigenvalue weighted by molar-refractivity contribution is 6.31. The molecule has 0 spiro atoms. The van der Waals surface area contributed by atoms with Gasteiger partial charge in [-0.25, -0.2) is 0 Å². The van der Waals surface area contributed by atoms with Crippen LogP contribution >= 0.6 is 23.2 Å². The van der Waals surface area contributed by atoms with Crippen molar-refractivity contribution >= 4 is 29.1 Å². The van der Waals surface area contributed by atoms with E-state index in [1.807, 2.05) is 36.4 Å². The molecule has 8 heteroatoms. The summed E-state index contributed by atoms with van der Waals surface area (Å²) in [5.41, 5.74) is 1.73. The lowest BCUT2D eigenvalue weighted by Crippen LogP contribution is -2.42. The topological polar surface area (TPSA) is 71.3 Å². The first-order valence-electron chi connectivity index (χ1n) is 9.90. The van der Waals surface area contributed by atoms with Crippen molar-refractivity contribution in [2.75, 3.05) is 13.1 Å². The lowest BCUT2D eigenvalue weighted by atomic mass is 9.97. The number of nitrogens with one attached hydrogen (secondary N) is 1. The SMILES string of the molecule is O=C(NCc1ccccc1Cl)C1CCCN(Cc2nc(-c3cccc(Cl)c3)no2)C1. The first-order chi connectivity index (χ1) is 14.6. The molecule has 30 heavy (non-hydrogen) atoms. The van der Waals surface area contributed by atoms with Gasteiger partial charge in [0.1, 0.15) is 0 Å². The first kappa shape index (κ1) is 20.8. The van der Waals surface area contributed by atoms with E-state index in [2.05, 4.69) is 20.4 Å². The number of hydrogen-bond donors (Lipinski definition) is 1. The molecule has 156 valence electrons. The summed E-state index contributed by atoms with van der Waals surface area (Å²) < 4.78 is 5.41. The number of rotatable bonds is 6. The number of nitrogens with zero attached hydrogens (tertiary/aromatic N) is 3. The van der Waals surface area contributed by atoms with Crippen molar-refractivity contribution in [3.8, 4) is 11.4 Å². The summed E-state index contributed by atoms with van der Waals surface area (Å²) in [5.74, 6) is 1.02. The van der Waals surface area contributed by atoms with E-state index in [9.17, 15) is 4.79 Å². The largest absolute Gasteiger partial charge is 0.352 e. The third kappa shape index (κ3) is 5.19. The van der Waals surface area contributed by atoms with E-state index in [1.165, 1.54) is 0 Å². The van der Waals surface area contributed by atoms with E-state index in [0.717, 1.165) is 30.5 Å². The van der Waals surface area contributed by atoms with Crippen molar-refractivity contribution in [2.24, 2.45) is 5.92 Å². The molecule has 1 saturated heterocycles. The van der Waals surface area contributed by atoms with Gasteiger partial charge in [0.2, 0.25) is 17.6 Å². The highest BCUT2D eigenvalue weighted by atomic mass is 35.5. The molecule has 1 N–H and O–H groups in total. The maximum Gasteiger partial charge on any atom is 0.241 e. The Hall–Kier alpha value is -2.41. The Morgan fingerprint density at radius 3 is 2.90 bits per heavy atom. The fraction of sp³-hybridized carbons (Fsp3) is 0.318. The number of likely N-dealkylation sites (tertiary alicyclic amines) is 1. The summed E-state index contributed by atoms with van der Waals surface area (Å²) in [6.45, 7) is 2.50. The van der Waals surface area contributed by atoms with Crippen molar-refractivity contribution in [3.63, 3.8) is 0 Å². The summed E-state index contributed by atoms with van der Waals surface area (Å²) >= 11 is 12.2. The van der Waals surface area contributed by atoms with Crippen LogP contribution in [0, 0.1) is 5.92 Å². The molecule has 2 aromatic carbocycles. The molecule has 2 heterocycles.